The van der Waals surface area contributed by atoms with Crippen molar-refractivity contribution < 1.29 is 14.7 Å². The Morgan fingerprint density at radius 3 is 2.57 bits per heavy atom. The molecule has 0 spiro atoms. The van der Waals surface area contributed by atoms with E-state index in [0.29, 0.717) is 26.3 Å². The number of carbonyl (C=O) groups excluding carboxylic acids is 1. The molecule has 0 aliphatic rings. The van der Waals surface area contributed by atoms with Gasteiger partial charge in [-0.05, 0) is 58.7 Å². The van der Waals surface area contributed by atoms with Crippen molar-refractivity contribution in [1.82, 2.24) is 0 Å². The standard InChI is InChI=1S/C15H11BrClNO3/c1-8-10(3-2-4-13(8)17)14(19)18-9-5-6-12(16)11(7-9)15(20)21/h2-7H,1H3,(H,18,19)(H,20,21). The van der Waals surface area contributed by atoms with Crippen LogP contribution in [0.25, 0.3) is 0 Å². The van der Waals surface area contributed by atoms with Gasteiger partial charge in [-0.2, -0.15) is 0 Å². The predicted octanol–water partition coefficient (Wildman–Crippen LogP) is 4.36. The van der Waals surface area contributed by atoms with Crippen LogP contribution in [0.1, 0.15) is 26.3 Å². The highest BCUT2D eigenvalue weighted by Crippen LogP contribution is 2.23. The zero-order valence-corrected chi connectivity index (χ0v) is 13.3. The second-order valence-electron chi connectivity index (χ2n) is 4.37. The fourth-order valence-corrected chi connectivity index (χ4v) is 2.41. The highest BCUT2D eigenvalue weighted by Gasteiger charge is 2.13. The molecule has 2 aromatic rings. The quantitative estimate of drug-likeness (QED) is 0.846. The normalized spacial score (nSPS) is 10.2. The molecule has 4 nitrogen and oxygen atoms in total. The summed E-state index contributed by atoms with van der Waals surface area (Å²) in [4.78, 5) is 23.3. The molecule has 0 saturated carbocycles. The molecule has 6 heteroatoms. The fourth-order valence-electron chi connectivity index (χ4n) is 1.82. The Labute approximate surface area is 134 Å². The molecule has 0 aromatic heterocycles. The minimum Gasteiger partial charge on any atom is -0.478 e. The lowest BCUT2D eigenvalue weighted by molar-refractivity contribution is 0.0695. The van der Waals surface area contributed by atoms with E-state index in [9.17, 15) is 9.59 Å². The van der Waals surface area contributed by atoms with Crippen LogP contribution < -0.4 is 5.32 Å². The number of anilines is 1. The summed E-state index contributed by atoms with van der Waals surface area (Å²) in [5, 5.41) is 12.2. The third-order valence-electron chi connectivity index (χ3n) is 2.97. The lowest BCUT2D eigenvalue weighted by Crippen LogP contribution is -2.14. The van der Waals surface area contributed by atoms with Crippen LogP contribution in [0.15, 0.2) is 40.9 Å². The second-order valence-corrected chi connectivity index (χ2v) is 5.63. The predicted molar refractivity (Wildman–Crippen MR) is 85.2 cm³/mol. The van der Waals surface area contributed by atoms with Crippen molar-refractivity contribution >= 4 is 45.1 Å². The first-order valence-corrected chi connectivity index (χ1v) is 7.16. The van der Waals surface area contributed by atoms with Crippen molar-refractivity contribution in [2.24, 2.45) is 0 Å². The number of hydrogen-bond donors (Lipinski definition) is 2. The first-order chi connectivity index (χ1) is 9.90. The van der Waals surface area contributed by atoms with Gasteiger partial charge in [0.15, 0.2) is 0 Å². The van der Waals surface area contributed by atoms with E-state index in [-0.39, 0.29) is 11.5 Å². The smallest absolute Gasteiger partial charge is 0.336 e. The average Bonchev–Trinajstić information content (AvgIpc) is 2.43. The summed E-state index contributed by atoms with van der Waals surface area (Å²) in [5.41, 5.74) is 1.60. The van der Waals surface area contributed by atoms with Crippen molar-refractivity contribution in [3.05, 3.63) is 62.6 Å². The van der Waals surface area contributed by atoms with Gasteiger partial charge in [0.25, 0.3) is 5.91 Å². The maximum absolute atomic E-state index is 12.2. The van der Waals surface area contributed by atoms with Crippen molar-refractivity contribution in [2.75, 3.05) is 5.32 Å². The first kappa shape index (κ1) is 15.5. The average molecular weight is 369 g/mol. The van der Waals surface area contributed by atoms with Crippen molar-refractivity contribution in [3.63, 3.8) is 0 Å². The van der Waals surface area contributed by atoms with Gasteiger partial charge in [-0.25, -0.2) is 4.79 Å². The number of carboxylic acid groups (broad SMARTS) is 1. The van der Waals surface area contributed by atoms with E-state index in [0.717, 1.165) is 0 Å². The lowest BCUT2D eigenvalue weighted by Gasteiger charge is -2.10. The van der Waals surface area contributed by atoms with Gasteiger partial charge in [0.2, 0.25) is 0 Å². The number of carbonyl (C=O) groups is 2. The molecule has 0 aliphatic heterocycles. The number of nitrogens with one attached hydrogen (secondary N) is 1. The largest absolute Gasteiger partial charge is 0.478 e. The van der Waals surface area contributed by atoms with Gasteiger partial charge in [-0.15, -0.1) is 0 Å². The number of benzene rings is 2. The second kappa shape index (κ2) is 6.28. The van der Waals surface area contributed by atoms with E-state index in [1.54, 1.807) is 37.3 Å². The van der Waals surface area contributed by atoms with Crippen LogP contribution in [0.3, 0.4) is 0 Å². The van der Waals surface area contributed by atoms with Gasteiger partial charge in [0, 0.05) is 20.7 Å². The highest BCUT2D eigenvalue weighted by atomic mass is 79.9. The maximum atomic E-state index is 12.2. The van der Waals surface area contributed by atoms with E-state index in [2.05, 4.69) is 21.2 Å². The molecule has 0 heterocycles. The number of rotatable bonds is 3. The van der Waals surface area contributed by atoms with Crippen LogP contribution in [0, 0.1) is 6.92 Å². The minimum absolute atomic E-state index is 0.0793. The molecule has 0 aliphatic carbocycles. The molecular weight excluding hydrogens is 358 g/mol. The molecule has 1 amide bonds. The summed E-state index contributed by atoms with van der Waals surface area (Å²) in [6.07, 6.45) is 0. The van der Waals surface area contributed by atoms with E-state index in [4.69, 9.17) is 16.7 Å². The third-order valence-corrected chi connectivity index (χ3v) is 4.07. The van der Waals surface area contributed by atoms with Gasteiger partial charge in [0.05, 0.1) is 5.56 Å². The Balaban J connectivity index is 2.30. The Kier molecular flexibility index (Phi) is 4.65. The lowest BCUT2D eigenvalue weighted by atomic mass is 10.1. The van der Waals surface area contributed by atoms with Gasteiger partial charge in [-0.3, -0.25) is 4.79 Å². The number of amides is 1. The molecule has 2 aromatic carbocycles. The van der Waals surface area contributed by atoms with E-state index in [1.165, 1.54) is 6.07 Å². The molecule has 2 N–H and O–H groups in total. The van der Waals surface area contributed by atoms with Crippen LogP contribution in [0.4, 0.5) is 5.69 Å². The zero-order chi connectivity index (χ0) is 15.6. The van der Waals surface area contributed by atoms with Crippen LogP contribution in [-0.4, -0.2) is 17.0 Å². The minimum atomic E-state index is -1.07. The zero-order valence-electron chi connectivity index (χ0n) is 11.0. The number of hydrogen-bond acceptors (Lipinski definition) is 2. The molecule has 0 unspecified atom stereocenters. The maximum Gasteiger partial charge on any atom is 0.336 e. The first-order valence-electron chi connectivity index (χ1n) is 5.99. The Bertz CT molecular complexity index is 731. The molecular formula is C15H11BrClNO3. The third kappa shape index (κ3) is 3.43. The van der Waals surface area contributed by atoms with E-state index in [1.807, 2.05) is 0 Å². The molecule has 21 heavy (non-hydrogen) atoms. The Morgan fingerprint density at radius 2 is 1.90 bits per heavy atom. The van der Waals surface area contributed by atoms with Gasteiger partial charge in [-0.1, -0.05) is 17.7 Å². The van der Waals surface area contributed by atoms with Gasteiger partial charge < -0.3 is 10.4 Å². The summed E-state index contributed by atoms with van der Waals surface area (Å²) in [6, 6.07) is 9.64. The molecule has 2 rings (SSSR count). The van der Waals surface area contributed by atoms with Crippen molar-refractivity contribution in [1.29, 1.82) is 0 Å². The van der Waals surface area contributed by atoms with Gasteiger partial charge >= 0.3 is 5.97 Å². The highest BCUT2D eigenvalue weighted by molar-refractivity contribution is 9.10. The van der Waals surface area contributed by atoms with Crippen LogP contribution in [-0.2, 0) is 0 Å². The van der Waals surface area contributed by atoms with E-state index < -0.39 is 5.97 Å². The van der Waals surface area contributed by atoms with E-state index >= 15 is 0 Å². The van der Waals surface area contributed by atoms with Crippen molar-refractivity contribution in [3.8, 4) is 0 Å². The monoisotopic (exact) mass is 367 g/mol. The summed E-state index contributed by atoms with van der Waals surface area (Å²) in [6.45, 7) is 1.75. The Morgan fingerprint density at radius 1 is 1.19 bits per heavy atom. The SMILES string of the molecule is Cc1c(Cl)cccc1C(=O)Nc1ccc(Br)c(C(=O)O)c1. The topological polar surface area (TPSA) is 66.4 Å². The van der Waals surface area contributed by atoms with Crippen LogP contribution >= 0.6 is 27.5 Å². The summed E-state index contributed by atoms with van der Waals surface area (Å²) in [7, 11) is 0. The van der Waals surface area contributed by atoms with Crippen LogP contribution in [0.5, 0.6) is 0 Å². The summed E-state index contributed by atoms with van der Waals surface area (Å²) >= 11 is 9.14. The van der Waals surface area contributed by atoms with Crippen molar-refractivity contribution in [2.45, 2.75) is 6.92 Å². The number of aromatic carboxylic acids is 1. The molecule has 0 saturated heterocycles. The molecule has 108 valence electrons. The molecule has 0 fully saturated rings. The summed E-state index contributed by atoms with van der Waals surface area (Å²) < 4.78 is 0.451. The fraction of sp³-hybridized carbons (Fsp3) is 0.0667. The number of halogens is 2. The molecule has 0 bridgehead atoms. The van der Waals surface area contributed by atoms with Crippen LogP contribution in [0.2, 0.25) is 5.02 Å². The Hall–Kier alpha value is -1.85. The van der Waals surface area contributed by atoms with Gasteiger partial charge in [0.1, 0.15) is 0 Å². The summed E-state index contributed by atoms with van der Waals surface area (Å²) in [5.74, 6) is -1.41. The molecule has 0 radical (unpaired) electrons. The molecule has 0 atom stereocenters. The number of carboxylic acids is 1.